The Balaban J connectivity index is 1.77. The van der Waals surface area contributed by atoms with Gasteiger partial charge in [0.25, 0.3) is 5.91 Å². The van der Waals surface area contributed by atoms with Crippen LogP contribution >= 0.6 is 0 Å². The summed E-state index contributed by atoms with van der Waals surface area (Å²) in [6, 6.07) is 8.76. The number of aromatic hydroxyl groups is 1. The third-order valence-corrected chi connectivity index (χ3v) is 4.57. The first-order valence-corrected chi connectivity index (χ1v) is 9.15. The van der Waals surface area contributed by atoms with E-state index >= 15 is 0 Å². The molecular weight excluding hydrogens is 382 g/mol. The number of phenolic OH excluding ortho intramolecular Hbond substituents is 1. The zero-order chi connectivity index (χ0) is 20.4. The van der Waals surface area contributed by atoms with Crippen LogP contribution in [0.5, 0.6) is 5.75 Å². The van der Waals surface area contributed by atoms with E-state index in [1.54, 1.807) is 12.1 Å². The summed E-state index contributed by atoms with van der Waals surface area (Å²) in [5, 5.41) is 13.0. The fourth-order valence-electron chi connectivity index (χ4n) is 3.18. The van der Waals surface area contributed by atoms with E-state index in [9.17, 15) is 18.7 Å². The zero-order valence-corrected chi connectivity index (χ0v) is 15.3. The number of nitrogens with one attached hydrogen (secondary N) is 1. The van der Waals surface area contributed by atoms with Crippen molar-refractivity contribution in [2.45, 2.75) is 18.9 Å². The quantitative estimate of drug-likeness (QED) is 0.702. The molecule has 2 N–H and O–H groups in total. The Kier molecular flexibility index (Phi) is 5.26. The van der Waals surface area contributed by atoms with Crippen molar-refractivity contribution in [3.63, 3.8) is 0 Å². The van der Waals surface area contributed by atoms with Crippen molar-refractivity contribution in [3.05, 3.63) is 65.2 Å². The van der Waals surface area contributed by atoms with Gasteiger partial charge in [0.15, 0.2) is 0 Å². The zero-order valence-electron chi connectivity index (χ0n) is 15.3. The van der Waals surface area contributed by atoms with E-state index in [1.807, 2.05) is 0 Å². The molecule has 1 aliphatic heterocycles. The molecule has 29 heavy (non-hydrogen) atoms. The molecule has 1 aromatic heterocycles. The number of carbonyl (C=O) groups is 1. The van der Waals surface area contributed by atoms with Gasteiger partial charge in [0.05, 0.1) is 11.8 Å². The van der Waals surface area contributed by atoms with E-state index in [2.05, 4.69) is 10.3 Å². The molecule has 1 amide bonds. The lowest BCUT2D eigenvalue weighted by atomic mass is 10.1. The normalized spacial score (nSPS) is 17.0. The first-order valence-electron chi connectivity index (χ1n) is 9.15. The summed E-state index contributed by atoms with van der Waals surface area (Å²) in [6.07, 6.45) is 1.76. The first kappa shape index (κ1) is 19.1. The van der Waals surface area contributed by atoms with Crippen LogP contribution in [0, 0.1) is 11.6 Å². The number of ether oxygens (including phenoxy) is 1. The van der Waals surface area contributed by atoms with Crippen molar-refractivity contribution < 1.29 is 27.8 Å². The lowest BCUT2D eigenvalue weighted by Crippen LogP contribution is -2.34. The third-order valence-electron chi connectivity index (χ3n) is 4.57. The Bertz CT molecular complexity index is 1120. The summed E-state index contributed by atoms with van der Waals surface area (Å²) >= 11 is 0. The highest BCUT2D eigenvalue weighted by Gasteiger charge is 2.18. The Labute approximate surface area is 164 Å². The van der Waals surface area contributed by atoms with Gasteiger partial charge in [-0.15, -0.1) is 0 Å². The standard InChI is InChI=1S/C21H18F2N2O4/c22-13-7-14(23)9-15(8-13)25-21-18(20(27)24-11-17-2-1-5-28-17)6-12-3-4-16(26)10-19(12)29-21/h3-4,6-10,17,26H,1-2,5,11H2,(H,24,27)/t17-/m0/s1. The fourth-order valence-corrected chi connectivity index (χ4v) is 3.18. The summed E-state index contributed by atoms with van der Waals surface area (Å²) in [5.74, 6) is -2.08. The molecule has 1 saturated heterocycles. The van der Waals surface area contributed by atoms with Gasteiger partial charge in [0, 0.05) is 30.7 Å². The van der Waals surface area contributed by atoms with Crippen LogP contribution in [0.1, 0.15) is 23.2 Å². The Morgan fingerprint density at radius 2 is 1.97 bits per heavy atom. The SMILES string of the molecule is O=C(NC[C@@H]1CCCO1)c1cc2ccc(O)cc2oc1=Nc1cc(F)cc(F)c1. The van der Waals surface area contributed by atoms with Crippen LogP contribution in [0.2, 0.25) is 0 Å². The Morgan fingerprint density at radius 1 is 1.17 bits per heavy atom. The van der Waals surface area contributed by atoms with E-state index < -0.39 is 17.5 Å². The van der Waals surface area contributed by atoms with Gasteiger partial charge in [-0.3, -0.25) is 4.79 Å². The van der Waals surface area contributed by atoms with Crippen LogP contribution in [-0.2, 0) is 4.74 Å². The first-order chi connectivity index (χ1) is 14.0. The van der Waals surface area contributed by atoms with Crippen LogP contribution in [0.4, 0.5) is 14.5 Å². The van der Waals surface area contributed by atoms with Crippen LogP contribution in [0.3, 0.4) is 0 Å². The number of rotatable bonds is 4. The Morgan fingerprint density at radius 3 is 2.69 bits per heavy atom. The van der Waals surface area contributed by atoms with E-state index in [4.69, 9.17) is 9.15 Å². The molecule has 0 spiro atoms. The maximum absolute atomic E-state index is 13.5. The maximum atomic E-state index is 13.5. The number of phenols is 1. The molecule has 0 saturated carbocycles. The highest BCUT2D eigenvalue weighted by molar-refractivity contribution is 5.96. The van der Waals surface area contributed by atoms with Gasteiger partial charge in [0.1, 0.15) is 28.5 Å². The van der Waals surface area contributed by atoms with Crippen LogP contribution in [-0.4, -0.2) is 30.3 Å². The summed E-state index contributed by atoms with van der Waals surface area (Å²) < 4.78 is 38.3. The van der Waals surface area contributed by atoms with E-state index in [0.29, 0.717) is 18.5 Å². The van der Waals surface area contributed by atoms with Crippen molar-refractivity contribution >= 4 is 22.6 Å². The third kappa shape index (κ3) is 4.43. The smallest absolute Gasteiger partial charge is 0.256 e. The fraction of sp³-hybridized carbons (Fsp3) is 0.238. The second-order valence-corrected chi connectivity index (χ2v) is 6.77. The summed E-state index contributed by atoms with van der Waals surface area (Å²) in [4.78, 5) is 16.9. The molecule has 150 valence electrons. The molecular formula is C21H18F2N2O4. The predicted octanol–water partition coefficient (Wildman–Crippen LogP) is 3.56. The van der Waals surface area contributed by atoms with Gasteiger partial charge in [-0.2, -0.15) is 0 Å². The number of carbonyl (C=O) groups excluding carboxylic acids is 1. The number of fused-ring (bicyclic) bond motifs is 1. The molecule has 0 unspecified atom stereocenters. The molecule has 2 aromatic carbocycles. The predicted molar refractivity (Wildman–Crippen MR) is 101 cm³/mol. The van der Waals surface area contributed by atoms with Crippen LogP contribution < -0.4 is 10.9 Å². The highest BCUT2D eigenvalue weighted by Crippen LogP contribution is 2.21. The van der Waals surface area contributed by atoms with Crippen molar-refractivity contribution in [2.24, 2.45) is 4.99 Å². The average molecular weight is 400 g/mol. The molecule has 1 aliphatic rings. The second kappa shape index (κ2) is 8.00. The number of nitrogens with zero attached hydrogens (tertiary/aromatic N) is 1. The van der Waals surface area contributed by atoms with E-state index in [0.717, 1.165) is 31.0 Å². The van der Waals surface area contributed by atoms with E-state index in [1.165, 1.54) is 12.1 Å². The second-order valence-electron chi connectivity index (χ2n) is 6.77. The Hall–Kier alpha value is -3.26. The van der Waals surface area contributed by atoms with Crippen LogP contribution in [0.15, 0.2) is 51.9 Å². The summed E-state index contributed by atoms with van der Waals surface area (Å²) in [6.45, 7) is 1.00. The van der Waals surface area contributed by atoms with Gasteiger partial charge in [0.2, 0.25) is 5.55 Å². The van der Waals surface area contributed by atoms with Gasteiger partial charge in [-0.1, -0.05) is 0 Å². The molecule has 1 atom stereocenters. The molecule has 0 bridgehead atoms. The number of amides is 1. The van der Waals surface area contributed by atoms with Crippen molar-refractivity contribution in [2.75, 3.05) is 13.2 Å². The van der Waals surface area contributed by atoms with Crippen molar-refractivity contribution in [3.8, 4) is 5.75 Å². The van der Waals surface area contributed by atoms with Crippen LogP contribution in [0.25, 0.3) is 11.0 Å². The van der Waals surface area contributed by atoms with Gasteiger partial charge < -0.3 is 19.6 Å². The minimum atomic E-state index is -0.799. The van der Waals surface area contributed by atoms with Crippen molar-refractivity contribution in [1.29, 1.82) is 0 Å². The maximum Gasteiger partial charge on any atom is 0.256 e. The molecule has 6 nitrogen and oxygen atoms in total. The largest absolute Gasteiger partial charge is 0.508 e. The van der Waals surface area contributed by atoms with Gasteiger partial charge in [-0.05, 0) is 43.2 Å². The molecule has 8 heteroatoms. The topological polar surface area (TPSA) is 84.1 Å². The van der Waals surface area contributed by atoms with Crippen molar-refractivity contribution in [1.82, 2.24) is 5.32 Å². The molecule has 1 fully saturated rings. The summed E-state index contributed by atoms with van der Waals surface area (Å²) in [7, 11) is 0. The average Bonchev–Trinajstić information content (AvgIpc) is 3.18. The highest BCUT2D eigenvalue weighted by atomic mass is 19.1. The number of benzene rings is 2. The minimum absolute atomic E-state index is 0.0282. The van der Waals surface area contributed by atoms with Gasteiger partial charge >= 0.3 is 0 Å². The van der Waals surface area contributed by atoms with E-state index in [-0.39, 0.29) is 34.2 Å². The molecule has 3 aromatic rings. The monoisotopic (exact) mass is 400 g/mol. The molecule has 2 heterocycles. The number of hydrogen-bond acceptors (Lipinski definition) is 5. The molecule has 0 radical (unpaired) electrons. The van der Waals surface area contributed by atoms with Gasteiger partial charge in [-0.25, -0.2) is 13.8 Å². The molecule has 0 aliphatic carbocycles. The number of hydrogen-bond donors (Lipinski definition) is 2. The lowest BCUT2D eigenvalue weighted by Gasteiger charge is -2.11. The summed E-state index contributed by atoms with van der Waals surface area (Å²) in [5.41, 5.74) is 0.207. The minimum Gasteiger partial charge on any atom is -0.508 e. The lowest BCUT2D eigenvalue weighted by molar-refractivity contribution is 0.0854. The molecule has 4 rings (SSSR count). The number of halogens is 2.